The molecule has 1 amide bonds. The fraction of sp³-hybridized carbons (Fsp3) is 0.267. The number of aromatic nitrogens is 1. The van der Waals surface area contributed by atoms with E-state index in [9.17, 15) is 9.59 Å². The maximum Gasteiger partial charge on any atom is 0.311 e. The molecule has 1 heterocycles. The van der Waals surface area contributed by atoms with Crippen LogP contribution in [0.1, 0.15) is 23.3 Å². The van der Waals surface area contributed by atoms with Crippen LogP contribution >= 0.6 is 11.6 Å². The molecule has 108 valence electrons. The minimum Gasteiger partial charge on any atom is -0.481 e. The molecule has 0 aliphatic heterocycles. The van der Waals surface area contributed by atoms with Gasteiger partial charge in [-0.3, -0.25) is 9.59 Å². The predicted octanol–water partition coefficient (Wildman–Crippen LogP) is 2.48. The van der Waals surface area contributed by atoms with Crippen molar-refractivity contribution in [3.8, 4) is 0 Å². The van der Waals surface area contributed by atoms with E-state index in [1.54, 1.807) is 6.07 Å². The smallest absolute Gasteiger partial charge is 0.311 e. The van der Waals surface area contributed by atoms with Gasteiger partial charge in [0.05, 0.1) is 5.41 Å². The molecule has 0 saturated heterocycles. The molecule has 1 aromatic heterocycles. The van der Waals surface area contributed by atoms with Crippen LogP contribution in [-0.4, -0.2) is 28.5 Å². The second-order valence-electron chi connectivity index (χ2n) is 5.29. The summed E-state index contributed by atoms with van der Waals surface area (Å²) in [7, 11) is 0. The molecule has 0 bridgehead atoms. The highest BCUT2D eigenvalue weighted by molar-refractivity contribution is 6.34. The Kier molecular flexibility index (Phi) is 3.29. The number of fused-ring (bicyclic) bond motifs is 1. The second-order valence-corrected chi connectivity index (χ2v) is 5.65. The molecule has 6 heteroatoms. The number of carboxylic acid groups (broad SMARTS) is 1. The van der Waals surface area contributed by atoms with E-state index < -0.39 is 17.3 Å². The van der Waals surface area contributed by atoms with Crippen molar-refractivity contribution in [2.75, 3.05) is 6.54 Å². The van der Waals surface area contributed by atoms with Gasteiger partial charge in [-0.1, -0.05) is 35.9 Å². The molecule has 21 heavy (non-hydrogen) atoms. The van der Waals surface area contributed by atoms with Crippen LogP contribution in [0.2, 0.25) is 5.15 Å². The molecular formula is C15H13ClN2O3. The number of hydrogen-bond acceptors (Lipinski definition) is 3. The van der Waals surface area contributed by atoms with Crippen LogP contribution in [0.3, 0.4) is 0 Å². The summed E-state index contributed by atoms with van der Waals surface area (Å²) in [4.78, 5) is 27.3. The molecule has 0 unspecified atom stereocenters. The monoisotopic (exact) mass is 304 g/mol. The first-order valence-electron chi connectivity index (χ1n) is 6.59. The maximum absolute atomic E-state index is 12.1. The Hall–Kier alpha value is -2.14. The minimum absolute atomic E-state index is 0.118. The van der Waals surface area contributed by atoms with Crippen molar-refractivity contribution < 1.29 is 14.7 Å². The van der Waals surface area contributed by atoms with Gasteiger partial charge in [0.25, 0.3) is 5.91 Å². The molecule has 2 aromatic rings. The van der Waals surface area contributed by atoms with Crippen molar-refractivity contribution in [3.63, 3.8) is 0 Å². The zero-order valence-corrected chi connectivity index (χ0v) is 11.9. The van der Waals surface area contributed by atoms with Gasteiger partial charge in [-0.05, 0) is 24.3 Å². The Labute approximate surface area is 125 Å². The van der Waals surface area contributed by atoms with E-state index in [1.807, 2.05) is 24.3 Å². The van der Waals surface area contributed by atoms with E-state index in [2.05, 4.69) is 10.3 Å². The van der Waals surface area contributed by atoms with E-state index in [1.165, 1.54) is 0 Å². The van der Waals surface area contributed by atoms with Crippen molar-refractivity contribution in [1.82, 2.24) is 10.3 Å². The minimum atomic E-state index is -0.868. The van der Waals surface area contributed by atoms with Gasteiger partial charge in [0, 0.05) is 11.9 Å². The number of rotatable bonds is 4. The summed E-state index contributed by atoms with van der Waals surface area (Å²) in [5.74, 6) is -1.28. The first kappa shape index (κ1) is 13.8. The van der Waals surface area contributed by atoms with Gasteiger partial charge in [-0.25, -0.2) is 4.98 Å². The second kappa shape index (κ2) is 5.00. The molecule has 3 rings (SSSR count). The highest BCUT2D eigenvalue weighted by Crippen LogP contribution is 2.45. The largest absolute Gasteiger partial charge is 0.481 e. The number of carbonyl (C=O) groups excluding carboxylic acids is 1. The summed E-state index contributed by atoms with van der Waals surface area (Å²) < 4.78 is 0. The van der Waals surface area contributed by atoms with Crippen LogP contribution in [-0.2, 0) is 4.79 Å². The molecule has 0 spiro atoms. The zero-order chi connectivity index (χ0) is 15.0. The molecule has 1 aromatic carbocycles. The zero-order valence-electron chi connectivity index (χ0n) is 11.1. The molecule has 2 N–H and O–H groups in total. The van der Waals surface area contributed by atoms with Gasteiger partial charge in [0.2, 0.25) is 0 Å². The normalized spacial score (nSPS) is 15.7. The third-order valence-corrected chi connectivity index (χ3v) is 4.11. The number of carboxylic acids is 1. The number of pyridine rings is 1. The number of carbonyl (C=O) groups is 2. The quantitative estimate of drug-likeness (QED) is 0.851. The Morgan fingerprint density at radius 2 is 2.05 bits per heavy atom. The highest BCUT2D eigenvalue weighted by Gasteiger charge is 2.50. The number of halogens is 1. The summed E-state index contributed by atoms with van der Waals surface area (Å²) in [5.41, 5.74) is -0.601. The Bertz CT molecular complexity index is 741. The Morgan fingerprint density at radius 3 is 2.71 bits per heavy atom. The summed E-state index contributed by atoms with van der Waals surface area (Å²) in [5, 5.41) is 13.6. The van der Waals surface area contributed by atoms with Gasteiger partial charge >= 0.3 is 5.97 Å². The maximum atomic E-state index is 12.1. The average molecular weight is 305 g/mol. The number of hydrogen-bond donors (Lipinski definition) is 2. The van der Waals surface area contributed by atoms with Gasteiger partial charge in [0.1, 0.15) is 10.8 Å². The van der Waals surface area contributed by atoms with Crippen molar-refractivity contribution >= 4 is 34.2 Å². The first-order valence-corrected chi connectivity index (χ1v) is 6.96. The van der Waals surface area contributed by atoms with Gasteiger partial charge in [0.15, 0.2) is 0 Å². The van der Waals surface area contributed by atoms with Crippen LogP contribution in [0.5, 0.6) is 0 Å². The van der Waals surface area contributed by atoms with E-state index in [4.69, 9.17) is 16.7 Å². The number of aliphatic carboxylic acids is 1. The van der Waals surface area contributed by atoms with Crippen LogP contribution < -0.4 is 5.32 Å². The molecule has 1 aliphatic rings. The number of benzene rings is 1. The molecule has 0 atom stereocenters. The highest BCUT2D eigenvalue weighted by atomic mass is 35.5. The van der Waals surface area contributed by atoms with E-state index in [0.29, 0.717) is 12.8 Å². The van der Waals surface area contributed by atoms with Crippen molar-refractivity contribution in [2.45, 2.75) is 12.8 Å². The summed E-state index contributed by atoms with van der Waals surface area (Å²) >= 11 is 6.07. The van der Waals surface area contributed by atoms with Crippen LogP contribution in [0, 0.1) is 5.41 Å². The lowest BCUT2D eigenvalue weighted by molar-refractivity contribution is -0.143. The standard InChI is InChI=1S/C15H13ClN2O3/c16-12-10-4-2-1-3-9(10)7-11(18-12)13(19)17-8-15(5-6-15)14(20)21/h1-4,7H,5-6,8H2,(H,17,19)(H,20,21). The van der Waals surface area contributed by atoms with E-state index in [-0.39, 0.29) is 17.4 Å². The van der Waals surface area contributed by atoms with Crippen molar-refractivity contribution in [1.29, 1.82) is 0 Å². The van der Waals surface area contributed by atoms with Crippen molar-refractivity contribution in [3.05, 3.63) is 41.2 Å². The molecular weight excluding hydrogens is 292 g/mol. The van der Waals surface area contributed by atoms with Crippen LogP contribution in [0.25, 0.3) is 10.8 Å². The molecule has 5 nitrogen and oxygen atoms in total. The number of amides is 1. The predicted molar refractivity (Wildman–Crippen MR) is 78.4 cm³/mol. The summed E-state index contributed by atoms with van der Waals surface area (Å²) in [6.07, 6.45) is 1.18. The van der Waals surface area contributed by atoms with E-state index in [0.717, 1.165) is 10.8 Å². The summed E-state index contributed by atoms with van der Waals surface area (Å²) in [6.45, 7) is 0.118. The molecule has 1 saturated carbocycles. The van der Waals surface area contributed by atoms with Gasteiger partial charge < -0.3 is 10.4 Å². The van der Waals surface area contributed by atoms with Crippen LogP contribution in [0.4, 0.5) is 0 Å². The van der Waals surface area contributed by atoms with Crippen LogP contribution in [0.15, 0.2) is 30.3 Å². The SMILES string of the molecule is O=C(NCC1(C(=O)O)CC1)c1cc2ccccc2c(Cl)n1. The fourth-order valence-corrected chi connectivity index (χ4v) is 2.49. The third kappa shape index (κ3) is 2.56. The lowest BCUT2D eigenvalue weighted by Gasteiger charge is -2.11. The summed E-state index contributed by atoms with van der Waals surface area (Å²) in [6, 6.07) is 9.02. The first-order chi connectivity index (χ1) is 10.0. The average Bonchev–Trinajstić information content (AvgIpc) is 3.26. The molecule has 1 aliphatic carbocycles. The topological polar surface area (TPSA) is 79.3 Å². The Morgan fingerprint density at radius 1 is 1.33 bits per heavy atom. The number of nitrogens with one attached hydrogen (secondary N) is 1. The third-order valence-electron chi connectivity index (χ3n) is 3.82. The van der Waals surface area contributed by atoms with Gasteiger partial charge in [-0.2, -0.15) is 0 Å². The lowest BCUT2D eigenvalue weighted by Crippen LogP contribution is -2.34. The lowest BCUT2D eigenvalue weighted by atomic mass is 10.1. The van der Waals surface area contributed by atoms with E-state index >= 15 is 0 Å². The number of nitrogens with zero attached hydrogens (tertiary/aromatic N) is 1. The molecule has 0 radical (unpaired) electrons. The molecule has 1 fully saturated rings. The van der Waals surface area contributed by atoms with Gasteiger partial charge in [-0.15, -0.1) is 0 Å². The van der Waals surface area contributed by atoms with Crippen molar-refractivity contribution in [2.24, 2.45) is 5.41 Å². The fourth-order valence-electron chi connectivity index (χ4n) is 2.23. The Balaban J connectivity index is 1.80.